The number of fused-ring (bicyclic) bond motifs is 1. The van der Waals surface area contributed by atoms with E-state index in [1.807, 2.05) is 66.0 Å². The van der Waals surface area contributed by atoms with E-state index in [1.54, 1.807) is 6.07 Å². The van der Waals surface area contributed by atoms with Crippen LogP contribution in [0.15, 0.2) is 60.7 Å². The smallest absolute Gasteiger partial charge is 0.167 e. The summed E-state index contributed by atoms with van der Waals surface area (Å²) < 4.78 is 7.12. The van der Waals surface area contributed by atoms with Crippen LogP contribution in [0.1, 0.15) is 11.1 Å². The van der Waals surface area contributed by atoms with Crippen molar-refractivity contribution in [1.82, 2.24) is 0 Å². The second-order valence-corrected chi connectivity index (χ2v) is 6.23. The van der Waals surface area contributed by atoms with Gasteiger partial charge in [-0.15, -0.1) is 0 Å². The van der Waals surface area contributed by atoms with Gasteiger partial charge in [0.2, 0.25) is 0 Å². The minimum Gasteiger partial charge on any atom is -0.324 e. The van der Waals surface area contributed by atoms with Gasteiger partial charge in [-0.25, -0.2) is 0 Å². The number of nitrogens with zero attached hydrogens (tertiary/aromatic N) is 2. The third-order valence-electron chi connectivity index (χ3n) is 3.61. The molecule has 0 saturated heterocycles. The summed E-state index contributed by atoms with van der Waals surface area (Å²) in [5.74, 6) is 0.608. The highest BCUT2D eigenvalue weighted by atomic mass is 32.2. The first-order chi connectivity index (χ1) is 11.7. The van der Waals surface area contributed by atoms with Crippen LogP contribution in [0.3, 0.4) is 0 Å². The van der Waals surface area contributed by atoms with Gasteiger partial charge in [-0.1, -0.05) is 34.2 Å². The monoisotopic (exact) mass is 370 g/mol. The van der Waals surface area contributed by atoms with Crippen molar-refractivity contribution in [1.29, 1.82) is 5.26 Å². The van der Waals surface area contributed by atoms with Crippen LogP contribution in [0.25, 0.3) is 10.8 Å². The van der Waals surface area contributed by atoms with Crippen molar-refractivity contribution in [2.75, 3.05) is 11.4 Å². The lowest BCUT2D eigenvalue weighted by Gasteiger charge is -2.16. The molecule has 128 valence electrons. The Bertz CT molecular complexity index is 892. The quantitative estimate of drug-likeness (QED) is 0.269. The molecule has 0 saturated carbocycles. The molecule has 3 rings (SSSR count). The second kappa shape index (κ2) is 8.67. The van der Waals surface area contributed by atoms with Crippen LogP contribution in [-0.4, -0.2) is 7.05 Å². The molecular formula is C19H18N2O2S2. The van der Waals surface area contributed by atoms with E-state index >= 15 is 0 Å². The number of hydrogen-bond donors (Lipinski definition) is 0. The van der Waals surface area contributed by atoms with Gasteiger partial charge in [-0.2, -0.15) is 18.8 Å². The number of aryl methyl sites for hydroxylation is 1. The molecule has 6 heteroatoms. The van der Waals surface area contributed by atoms with Crippen molar-refractivity contribution in [2.45, 2.75) is 6.92 Å². The standard InChI is InChI=1S/C19H16N2O2S.H2S/c1-14-3-8-18(9-4-14)21(2)24-23-22-19-10-7-16-11-15(13-20)5-6-17(16)12-19;/h3-12H,1-2H3;1H2. The van der Waals surface area contributed by atoms with Crippen molar-refractivity contribution in [3.8, 4) is 11.8 Å². The topological polar surface area (TPSA) is 45.5 Å². The summed E-state index contributed by atoms with van der Waals surface area (Å²) in [6.07, 6.45) is 0. The molecule has 0 amide bonds. The number of nitriles is 1. The first-order valence-electron chi connectivity index (χ1n) is 7.41. The maximum atomic E-state index is 8.93. The fourth-order valence-corrected chi connectivity index (χ4v) is 2.65. The zero-order valence-corrected chi connectivity index (χ0v) is 15.7. The van der Waals surface area contributed by atoms with Crippen LogP contribution in [0.4, 0.5) is 5.69 Å². The molecule has 0 unspecified atom stereocenters. The summed E-state index contributed by atoms with van der Waals surface area (Å²) in [5, 5.41) is 10.9. The highest BCUT2D eigenvalue weighted by molar-refractivity contribution is 7.95. The molecule has 4 nitrogen and oxygen atoms in total. The van der Waals surface area contributed by atoms with Gasteiger partial charge in [-0.05, 0) is 54.1 Å². The van der Waals surface area contributed by atoms with E-state index in [-0.39, 0.29) is 13.5 Å². The molecule has 0 atom stereocenters. The third kappa shape index (κ3) is 4.83. The van der Waals surface area contributed by atoms with Gasteiger partial charge in [0, 0.05) is 12.7 Å². The maximum absolute atomic E-state index is 8.93. The minimum atomic E-state index is 0. The Labute approximate surface area is 158 Å². The predicted octanol–water partition coefficient (Wildman–Crippen LogP) is 5.14. The molecule has 3 aromatic carbocycles. The van der Waals surface area contributed by atoms with E-state index in [1.165, 1.54) is 5.56 Å². The average molecular weight is 370 g/mol. The Morgan fingerprint density at radius 2 is 1.64 bits per heavy atom. The molecule has 0 aliphatic carbocycles. The summed E-state index contributed by atoms with van der Waals surface area (Å²) in [6, 6.07) is 21.4. The van der Waals surface area contributed by atoms with Crippen molar-refractivity contribution < 1.29 is 9.22 Å². The minimum absolute atomic E-state index is 0. The van der Waals surface area contributed by atoms with Crippen molar-refractivity contribution >= 4 is 42.2 Å². The third-order valence-corrected chi connectivity index (χ3v) is 4.17. The maximum Gasteiger partial charge on any atom is 0.167 e. The Kier molecular flexibility index (Phi) is 6.59. The SMILES string of the molecule is Cc1ccc(N(C)SOOc2ccc3cc(C#N)ccc3c2)cc1.S. The van der Waals surface area contributed by atoms with Gasteiger partial charge in [0.25, 0.3) is 0 Å². The first-order valence-corrected chi connectivity index (χ1v) is 8.11. The number of hydrogen-bond acceptors (Lipinski definition) is 5. The van der Waals surface area contributed by atoms with Crippen molar-refractivity contribution in [3.05, 3.63) is 71.8 Å². The van der Waals surface area contributed by atoms with Gasteiger partial charge in [0.1, 0.15) is 0 Å². The fraction of sp³-hybridized carbons (Fsp3) is 0.105. The van der Waals surface area contributed by atoms with E-state index in [9.17, 15) is 0 Å². The average Bonchev–Trinajstić information content (AvgIpc) is 2.61. The van der Waals surface area contributed by atoms with E-state index in [4.69, 9.17) is 14.5 Å². The summed E-state index contributed by atoms with van der Waals surface area (Å²) in [4.78, 5) is 5.34. The summed E-state index contributed by atoms with van der Waals surface area (Å²) in [6.45, 7) is 2.05. The van der Waals surface area contributed by atoms with Crippen LogP contribution in [0.2, 0.25) is 0 Å². The zero-order chi connectivity index (χ0) is 16.9. The number of benzene rings is 3. The number of rotatable bonds is 5. The summed E-state index contributed by atoms with van der Waals surface area (Å²) in [7, 11) is 1.91. The van der Waals surface area contributed by atoms with Gasteiger partial charge in [0.15, 0.2) is 18.0 Å². The van der Waals surface area contributed by atoms with Gasteiger partial charge in [-0.3, -0.25) is 4.31 Å². The second-order valence-electron chi connectivity index (χ2n) is 5.39. The number of anilines is 1. The molecule has 0 heterocycles. The lowest BCUT2D eigenvalue weighted by Crippen LogP contribution is -2.08. The van der Waals surface area contributed by atoms with Gasteiger partial charge in [0.05, 0.1) is 11.6 Å². The van der Waals surface area contributed by atoms with Crippen LogP contribution in [-0.2, 0) is 4.33 Å². The van der Waals surface area contributed by atoms with E-state index in [0.29, 0.717) is 11.3 Å². The van der Waals surface area contributed by atoms with Crippen molar-refractivity contribution in [3.63, 3.8) is 0 Å². The first kappa shape index (κ1) is 19.0. The van der Waals surface area contributed by atoms with Crippen LogP contribution < -0.4 is 9.19 Å². The highest BCUT2D eigenvalue weighted by Gasteiger charge is 2.05. The van der Waals surface area contributed by atoms with Crippen LogP contribution in [0, 0.1) is 18.3 Å². The van der Waals surface area contributed by atoms with Gasteiger partial charge < -0.3 is 4.89 Å². The molecule has 0 bridgehead atoms. The summed E-state index contributed by atoms with van der Waals surface area (Å²) in [5.41, 5.74) is 2.88. The van der Waals surface area contributed by atoms with Crippen LogP contribution >= 0.6 is 25.7 Å². The Hall–Kier alpha value is -2.33. The molecule has 0 aliphatic rings. The molecule has 0 aliphatic heterocycles. The van der Waals surface area contributed by atoms with Crippen molar-refractivity contribution in [2.24, 2.45) is 0 Å². The molecule has 0 N–H and O–H groups in total. The molecule has 25 heavy (non-hydrogen) atoms. The highest BCUT2D eigenvalue weighted by Crippen LogP contribution is 2.25. The van der Waals surface area contributed by atoms with E-state index in [0.717, 1.165) is 28.7 Å². The molecular weight excluding hydrogens is 352 g/mol. The van der Waals surface area contributed by atoms with Gasteiger partial charge >= 0.3 is 0 Å². The Balaban J connectivity index is 0.00000225. The normalized spacial score (nSPS) is 9.96. The fourth-order valence-electron chi connectivity index (χ4n) is 2.24. The van der Waals surface area contributed by atoms with E-state index in [2.05, 4.69) is 13.0 Å². The lowest BCUT2D eigenvalue weighted by atomic mass is 10.1. The Morgan fingerprint density at radius 1 is 0.960 bits per heavy atom. The molecule has 0 spiro atoms. The zero-order valence-electron chi connectivity index (χ0n) is 13.9. The largest absolute Gasteiger partial charge is 0.324 e. The lowest BCUT2D eigenvalue weighted by molar-refractivity contribution is -0.0776. The Morgan fingerprint density at radius 3 is 2.36 bits per heavy atom. The van der Waals surface area contributed by atoms with Crippen LogP contribution in [0.5, 0.6) is 5.75 Å². The predicted molar refractivity (Wildman–Crippen MR) is 108 cm³/mol. The molecule has 0 fully saturated rings. The summed E-state index contributed by atoms with van der Waals surface area (Å²) >= 11 is 1.11. The molecule has 0 aromatic heterocycles. The molecule has 3 aromatic rings. The van der Waals surface area contributed by atoms with E-state index < -0.39 is 0 Å². The molecule has 0 radical (unpaired) electrons.